The van der Waals surface area contributed by atoms with Gasteiger partial charge in [-0.15, -0.1) is 0 Å². The zero-order chi connectivity index (χ0) is 21.5. The molecule has 0 bridgehead atoms. The quantitative estimate of drug-likeness (QED) is 0.754. The lowest BCUT2D eigenvalue weighted by atomic mass is 9.87. The van der Waals surface area contributed by atoms with E-state index in [0.717, 1.165) is 18.1 Å². The number of nitrogens with zero attached hydrogens (tertiary/aromatic N) is 3. The molecule has 2 heterocycles. The number of anilines is 1. The highest BCUT2D eigenvalue weighted by molar-refractivity contribution is 5.95. The summed E-state index contributed by atoms with van der Waals surface area (Å²) >= 11 is 0. The first-order valence-electron chi connectivity index (χ1n) is 11.2. The highest BCUT2D eigenvalue weighted by atomic mass is 16.5. The van der Waals surface area contributed by atoms with Crippen molar-refractivity contribution in [3.05, 3.63) is 42.2 Å². The van der Waals surface area contributed by atoms with Crippen LogP contribution in [-0.2, 0) is 0 Å². The fourth-order valence-corrected chi connectivity index (χ4v) is 4.30. The van der Waals surface area contributed by atoms with Crippen LogP contribution in [0.3, 0.4) is 0 Å². The SMILES string of the molecule is O=C(Nc1ccon1)N1CCN(C(=O)c2cccc(OCCC3CCCCC3)c2)CC1. The summed E-state index contributed by atoms with van der Waals surface area (Å²) in [6.07, 6.45) is 9.14. The average Bonchev–Trinajstić information content (AvgIpc) is 3.33. The van der Waals surface area contributed by atoms with Gasteiger partial charge in [-0.05, 0) is 30.5 Å². The lowest BCUT2D eigenvalue weighted by Crippen LogP contribution is -2.51. The van der Waals surface area contributed by atoms with Crippen LogP contribution in [0.25, 0.3) is 0 Å². The van der Waals surface area contributed by atoms with Crippen LogP contribution < -0.4 is 10.1 Å². The van der Waals surface area contributed by atoms with Gasteiger partial charge in [-0.2, -0.15) is 0 Å². The standard InChI is InChI=1S/C23H30N4O4/c28-22(26-11-13-27(14-12-26)23(29)24-21-10-16-31-25-21)19-7-4-8-20(17-19)30-15-9-18-5-2-1-3-6-18/h4,7-8,10,16-18H,1-3,5-6,9,11-15H2,(H,24,25,29). The van der Waals surface area contributed by atoms with Crippen LogP contribution in [0, 0.1) is 5.92 Å². The second-order valence-electron chi connectivity index (χ2n) is 8.26. The third-order valence-corrected chi connectivity index (χ3v) is 6.13. The van der Waals surface area contributed by atoms with E-state index in [1.54, 1.807) is 15.9 Å². The van der Waals surface area contributed by atoms with Gasteiger partial charge in [-0.25, -0.2) is 4.79 Å². The minimum absolute atomic E-state index is 0.0331. The van der Waals surface area contributed by atoms with Crippen molar-refractivity contribution >= 4 is 17.8 Å². The maximum absolute atomic E-state index is 12.9. The molecule has 166 valence electrons. The summed E-state index contributed by atoms with van der Waals surface area (Å²) in [4.78, 5) is 28.7. The maximum Gasteiger partial charge on any atom is 0.323 e. The third kappa shape index (κ3) is 5.77. The molecule has 1 aromatic heterocycles. The number of hydrogen-bond donors (Lipinski definition) is 1. The van der Waals surface area contributed by atoms with E-state index < -0.39 is 0 Å². The number of amides is 3. The van der Waals surface area contributed by atoms with E-state index >= 15 is 0 Å². The van der Waals surface area contributed by atoms with E-state index in [1.807, 2.05) is 24.3 Å². The number of nitrogens with one attached hydrogen (secondary N) is 1. The van der Waals surface area contributed by atoms with Gasteiger partial charge in [-0.1, -0.05) is 43.3 Å². The number of aromatic nitrogens is 1. The molecule has 0 radical (unpaired) electrons. The monoisotopic (exact) mass is 426 g/mol. The molecule has 0 atom stereocenters. The highest BCUT2D eigenvalue weighted by Crippen LogP contribution is 2.26. The Balaban J connectivity index is 1.24. The zero-order valence-electron chi connectivity index (χ0n) is 17.8. The van der Waals surface area contributed by atoms with E-state index in [9.17, 15) is 9.59 Å². The summed E-state index contributed by atoms with van der Waals surface area (Å²) in [5, 5.41) is 6.36. The number of benzene rings is 1. The van der Waals surface area contributed by atoms with E-state index in [-0.39, 0.29) is 11.9 Å². The van der Waals surface area contributed by atoms with Gasteiger partial charge in [0.2, 0.25) is 0 Å². The molecule has 1 aromatic carbocycles. The van der Waals surface area contributed by atoms with Gasteiger partial charge in [0, 0.05) is 37.8 Å². The summed E-state index contributed by atoms with van der Waals surface area (Å²) in [7, 11) is 0. The molecular weight excluding hydrogens is 396 g/mol. The van der Waals surface area contributed by atoms with Crippen LogP contribution in [0.15, 0.2) is 41.1 Å². The van der Waals surface area contributed by atoms with Crippen LogP contribution in [0.2, 0.25) is 0 Å². The van der Waals surface area contributed by atoms with E-state index in [0.29, 0.717) is 44.2 Å². The molecular formula is C23H30N4O4. The molecule has 1 aliphatic heterocycles. The predicted molar refractivity (Wildman–Crippen MR) is 116 cm³/mol. The predicted octanol–water partition coefficient (Wildman–Crippen LogP) is 4.01. The van der Waals surface area contributed by atoms with Gasteiger partial charge in [0.05, 0.1) is 6.61 Å². The van der Waals surface area contributed by atoms with Crippen molar-refractivity contribution in [2.24, 2.45) is 5.92 Å². The van der Waals surface area contributed by atoms with Crippen molar-refractivity contribution in [2.75, 3.05) is 38.1 Å². The first kappa shape index (κ1) is 21.2. The molecule has 1 saturated heterocycles. The number of hydrogen-bond acceptors (Lipinski definition) is 5. The van der Waals surface area contributed by atoms with Crippen molar-refractivity contribution in [2.45, 2.75) is 38.5 Å². The lowest BCUT2D eigenvalue weighted by Gasteiger charge is -2.34. The minimum atomic E-state index is -0.241. The van der Waals surface area contributed by atoms with Crippen LogP contribution in [-0.4, -0.2) is 59.7 Å². The topological polar surface area (TPSA) is 87.9 Å². The minimum Gasteiger partial charge on any atom is -0.494 e. The Bertz CT molecular complexity index is 856. The lowest BCUT2D eigenvalue weighted by molar-refractivity contribution is 0.0671. The van der Waals surface area contributed by atoms with Gasteiger partial charge in [0.1, 0.15) is 12.0 Å². The van der Waals surface area contributed by atoms with Crippen molar-refractivity contribution in [3.8, 4) is 5.75 Å². The zero-order valence-corrected chi connectivity index (χ0v) is 17.8. The Morgan fingerprint density at radius 1 is 1.06 bits per heavy atom. The Labute approximate surface area is 182 Å². The molecule has 8 nitrogen and oxygen atoms in total. The summed E-state index contributed by atoms with van der Waals surface area (Å²) < 4.78 is 10.7. The molecule has 4 rings (SSSR count). The first-order valence-corrected chi connectivity index (χ1v) is 11.2. The summed E-state index contributed by atoms with van der Waals surface area (Å²) in [6.45, 7) is 2.59. The Kier molecular flexibility index (Phi) is 7.07. The molecule has 8 heteroatoms. The van der Waals surface area contributed by atoms with Crippen molar-refractivity contribution in [1.82, 2.24) is 15.0 Å². The molecule has 1 N–H and O–H groups in total. The van der Waals surface area contributed by atoms with Crippen LogP contribution in [0.1, 0.15) is 48.9 Å². The Hall–Kier alpha value is -3.03. The number of urea groups is 1. The summed E-state index contributed by atoms with van der Waals surface area (Å²) in [6, 6.07) is 8.76. The first-order chi connectivity index (χ1) is 15.2. The number of ether oxygens (including phenoxy) is 1. The van der Waals surface area contributed by atoms with Crippen molar-refractivity contribution < 1.29 is 18.8 Å². The van der Waals surface area contributed by atoms with E-state index in [1.165, 1.54) is 38.4 Å². The number of carbonyl (C=O) groups is 2. The number of piperazine rings is 1. The Morgan fingerprint density at radius 3 is 2.58 bits per heavy atom. The molecule has 1 aliphatic carbocycles. The molecule has 31 heavy (non-hydrogen) atoms. The summed E-state index contributed by atoms with van der Waals surface area (Å²) in [5.41, 5.74) is 0.621. The molecule has 0 unspecified atom stereocenters. The molecule has 1 saturated carbocycles. The fraction of sp³-hybridized carbons (Fsp3) is 0.522. The Morgan fingerprint density at radius 2 is 1.84 bits per heavy atom. The largest absolute Gasteiger partial charge is 0.494 e. The van der Waals surface area contributed by atoms with Gasteiger partial charge in [-0.3, -0.25) is 10.1 Å². The van der Waals surface area contributed by atoms with Crippen LogP contribution in [0.5, 0.6) is 5.75 Å². The smallest absolute Gasteiger partial charge is 0.323 e. The van der Waals surface area contributed by atoms with Crippen molar-refractivity contribution in [1.29, 1.82) is 0 Å². The third-order valence-electron chi connectivity index (χ3n) is 6.13. The highest BCUT2D eigenvalue weighted by Gasteiger charge is 2.25. The summed E-state index contributed by atoms with van der Waals surface area (Å²) in [5.74, 6) is 1.86. The van der Waals surface area contributed by atoms with Crippen molar-refractivity contribution in [3.63, 3.8) is 0 Å². The van der Waals surface area contributed by atoms with Gasteiger partial charge >= 0.3 is 6.03 Å². The van der Waals surface area contributed by atoms with Gasteiger partial charge in [0.25, 0.3) is 5.91 Å². The van der Waals surface area contributed by atoms with E-state index in [2.05, 4.69) is 10.5 Å². The second-order valence-corrected chi connectivity index (χ2v) is 8.26. The number of rotatable bonds is 6. The normalized spacial score (nSPS) is 17.4. The molecule has 2 fully saturated rings. The van der Waals surface area contributed by atoms with Gasteiger partial charge in [0.15, 0.2) is 5.82 Å². The molecule has 2 aromatic rings. The average molecular weight is 427 g/mol. The van der Waals surface area contributed by atoms with Gasteiger partial charge < -0.3 is 19.1 Å². The molecule has 3 amide bonds. The van der Waals surface area contributed by atoms with Crippen LogP contribution >= 0.6 is 0 Å². The molecule has 0 spiro atoms. The number of carbonyl (C=O) groups excluding carboxylic acids is 2. The van der Waals surface area contributed by atoms with Crippen LogP contribution in [0.4, 0.5) is 10.6 Å². The fourth-order valence-electron chi connectivity index (χ4n) is 4.30. The molecule has 2 aliphatic rings. The second kappa shape index (κ2) is 10.3. The maximum atomic E-state index is 12.9. The van der Waals surface area contributed by atoms with E-state index in [4.69, 9.17) is 9.26 Å².